The summed E-state index contributed by atoms with van der Waals surface area (Å²) in [6.45, 7) is 21.8. The van der Waals surface area contributed by atoms with Crippen molar-refractivity contribution >= 4 is 35.0 Å². The summed E-state index contributed by atoms with van der Waals surface area (Å²) in [4.78, 5) is 45.2. The number of carbonyl (C=O) groups is 3. The molecule has 314 valence electrons. The number of methoxy groups -OCH3 is 1. The van der Waals surface area contributed by atoms with Gasteiger partial charge in [-0.2, -0.15) is 0 Å². The van der Waals surface area contributed by atoms with Crippen molar-refractivity contribution in [1.29, 1.82) is 0 Å². The molecule has 10 nitrogen and oxygen atoms in total. The summed E-state index contributed by atoms with van der Waals surface area (Å²) in [5, 5.41) is 6.49. The molecule has 4 atom stereocenters. The highest BCUT2D eigenvalue weighted by Crippen LogP contribution is 2.45. The number of anilines is 1. The van der Waals surface area contributed by atoms with Gasteiger partial charge in [0.05, 0.1) is 23.4 Å². The van der Waals surface area contributed by atoms with Crippen LogP contribution in [0.2, 0.25) is 5.02 Å². The van der Waals surface area contributed by atoms with Gasteiger partial charge in [-0.25, -0.2) is 4.98 Å². The Morgan fingerprint density at radius 1 is 1.09 bits per heavy atom. The van der Waals surface area contributed by atoms with Crippen molar-refractivity contribution in [3.05, 3.63) is 88.4 Å². The van der Waals surface area contributed by atoms with Crippen molar-refractivity contribution < 1.29 is 23.9 Å². The maximum atomic E-state index is 13.4. The molecular formula is C47H64ClN5O5. The van der Waals surface area contributed by atoms with Gasteiger partial charge in [0.25, 0.3) is 11.8 Å². The van der Waals surface area contributed by atoms with E-state index in [4.69, 9.17) is 26.1 Å². The normalized spacial score (nSPS) is 19.8. The number of hydrogen-bond donors (Lipinski definition) is 2. The lowest BCUT2D eigenvalue weighted by Gasteiger charge is -2.38. The molecule has 4 unspecified atom stereocenters. The van der Waals surface area contributed by atoms with E-state index in [2.05, 4.69) is 64.8 Å². The van der Waals surface area contributed by atoms with E-state index < -0.39 is 11.8 Å². The minimum Gasteiger partial charge on any atom is -0.481 e. The topological polar surface area (TPSA) is 113 Å². The number of likely N-dealkylation sites (N-methyl/N-ethyl adjacent to an activating group) is 1. The summed E-state index contributed by atoms with van der Waals surface area (Å²) >= 11 is 7.18. The molecule has 2 N–H and O–H groups in total. The molecule has 11 heteroatoms. The molecule has 58 heavy (non-hydrogen) atoms. The zero-order valence-electron chi connectivity index (χ0n) is 36.5. The summed E-state index contributed by atoms with van der Waals surface area (Å²) in [7, 11) is 5.02. The fourth-order valence-electron chi connectivity index (χ4n) is 7.77. The average Bonchev–Trinajstić information content (AvgIpc) is 3.62. The Hall–Kier alpha value is -4.67. The lowest BCUT2D eigenvalue weighted by atomic mass is 9.87. The van der Waals surface area contributed by atoms with Gasteiger partial charge < -0.3 is 25.0 Å². The number of nitrogens with zero attached hydrogens (tertiary/aromatic N) is 3. The Morgan fingerprint density at radius 3 is 2.38 bits per heavy atom. The van der Waals surface area contributed by atoms with Crippen LogP contribution in [-0.4, -0.2) is 72.5 Å². The summed E-state index contributed by atoms with van der Waals surface area (Å²) < 4.78 is 11.4. The Kier molecular flexibility index (Phi) is 16.1. The number of aryl methyl sites for hydroxylation is 1. The quantitative estimate of drug-likeness (QED) is 0.185. The SMILES string of the molecule is C=C1N(C)C=C(C(=O)Nc2cccc(-c3cccc(-c4cc5c(c(OC)n4)C(C)CC5)c3Cl)c2C(C)CC)C(=O)N1C.CC.CCC(C)CC1(CC)CNC(=O)CO1. The van der Waals surface area contributed by atoms with Gasteiger partial charge in [0.1, 0.15) is 18.0 Å². The number of nitrogens with one attached hydrogen (secondary N) is 2. The third kappa shape index (κ3) is 9.95. The first-order valence-electron chi connectivity index (χ1n) is 20.8. The molecule has 3 aromatic rings. The van der Waals surface area contributed by atoms with E-state index in [1.807, 2.05) is 50.2 Å². The lowest BCUT2D eigenvalue weighted by Crippen LogP contribution is -2.52. The summed E-state index contributed by atoms with van der Waals surface area (Å²) in [5.74, 6) is 1.45. The molecule has 0 saturated carbocycles. The molecule has 3 amide bonds. The smallest absolute Gasteiger partial charge is 0.266 e. The standard InChI is InChI=1S/C34H37ClN4O3.C11H21NO2.C2H6/c1-8-19(2)30-23(11-10-14-27(30)36-32(40)26-18-38(5)21(4)39(6)34(26)41)24-12-9-13-25(31(24)35)28-17-22-16-15-20(3)29(22)33(37-28)42-7;1-4-9(3)6-11(5-2)8-12-10(13)7-14-11;1-2/h9-14,17-20H,4,8,15-16H2,1-3,5-7H3,(H,36,40);9H,4-8H2,1-3H3,(H,12,13);1-2H3. The summed E-state index contributed by atoms with van der Waals surface area (Å²) in [6.07, 6.45) is 7.60. The van der Waals surface area contributed by atoms with Crippen LogP contribution < -0.4 is 15.4 Å². The third-order valence-corrected chi connectivity index (χ3v) is 12.1. The van der Waals surface area contributed by atoms with Crippen LogP contribution in [0.5, 0.6) is 5.88 Å². The van der Waals surface area contributed by atoms with E-state index in [1.54, 1.807) is 26.1 Å². The van der Waals surface area contributed by atoms with Gasteiger partial charge in [0.15, 0.2) is 0 Å². The zero-order valence-corrected chi connectivity index (χ0v) is 37.2. The molecule has 2 aromatic carbocycles. The van der Waals surface area contributed by atoms with Gasteiger partial charge in [-0.05, 0) is 78.7 Å². The van der Waals surface area contributed by atoms with E-state index in [0.29, 0.717) is 40.8 Å². The fraction of sp³-hybridized carbons (Fsp3) is 0.489. The zero-order chi connectivity index (χ0) is 42.9. The van der Waals surface area contributed by atoms with Crippen molar-refractivity contribution in [3.8, 4) is 28.3 Å². The first-order chi connectivity index (χ1) is 27.7. The number of halogens is 1. The second-order valence-electron chi connectivity index (χ2n) is 15.5. The Bertz CT molecular complexity index is 2000. The summed E-state index contributed by atoms with van der Waals surface area (Å²) in [5.41, 5.74) is 7.33. The summed E-state index contributed by atoms with van der Waals surface area (Å²) in [6, 6.07) is 13.9. The number of hydrogen-bond acceptors (Lipinski definition) is 7. The highest BCUT2D eigenvalue weighted by molar-refractivity contribution is 6.36. The molecule has 1 aliphatic carbocycles. The monoisotopic (exact) mass is 813 g/mol. The van der Waals surface area contributed by atoms with Crippen molar-refractivity contribution in [3.63, 3.8) is 0 Å². The van der Waals surface area contributed by atoms with Crippen LogP contribution in [0.3, 0.4) is 0 Å². The molecule has 3 heterocycles. The van der Waals surface area contributed by atoms with Crippen molar-refractivity contribution in [1.82, 2.24) is 20.1 Å². The van der Waals surface area contributed by atoms with Crippen LogP contribution >= 0.6 is 11.6 Å². The Labute approximate surface area is 351 Å². The van der Waals surface area contributed by atoms with Gasteiger partial charge in [-0.15, -0.1) is 0 Å². The van der Waals surface area contributed by atoms with Gasteiger partial charge in [0.2, 0.25) is 11.8 Å². The minimum atomic E-state index is -0.476. The molecule has 2 aliphatic heterocycles. The van der Waals surface area contributed by atoms with Crippen LogP contribution in [0.15, 0.2) is 66.6 Å². The van der Waals surface area contributed by atoms with Gasteiger partial charge in [-0.1, -0.05) is 110 Å². The third-order valence-electron chi connectivity index (χ3n) is 11.7. The first kappa shape index (κ1) is 46.0. The molecule has 3 aliphatic rings. The van der Waals surface area contributed by atoms with E-state index in [9.17, 15) is 14.4 Å². The minimum absolute atomic E-state index is 0.0122. The van der Waals surface area contributed by atoms with E-state index in [1.165, 1.54) is 28.6 Å². The van der Waals surface area contributed by atoms with Gasteiger partial charge in [0, 0.05) is 49.2 Å². The van der Waals surface area contributed by atoms with Gasteiger partial charge in [-0.3, -0.25) is 19.3 Å². The number of pyridine rings is 1. The maximum absolute atomic E-state index is 13.4. The Balaban J connectivity index is 0.000000392. The molecular weight excluding hydrogens is 750 g/mol. The average molecular weight is 815 g/mol. The number of ether oxygens (including phenoxy) is 2. The van der Waals surface area contributed by atoms with Crippen molar-refractivity contribution in [2.75, 3.05) is 39.7 Å². The molecule has 1 fully saturated rings. The second kappa shape index (κ2) is 20.3. The van der Waals surface area contributed by atoms with Gasteiger partial charge >= 0.3 is 0 Å². The van der Waals surface area contributed by atoms with Crippen molar-refractivity contribution in [2.24, 2.45) is 5.92 Å². The van der Waals surface area contributed by atoms with Crippen LogP contribution in [0.1, 0.15) is 116 Å². The molecule has 0 radical (unpaired) electrons. The molecule has 1 saturated heterocycles. The largest absolute Gasteiger partial charge is 0.481 e. The molecule has 6 rings (SSSR count). The number of amides is 3. The van der Waals surface area contributed by atoms with Crippen LogP contribution in [-0.2, 0) is 25.5 Å². The highest BCUT2D eigenvalue weighted by atomic mass is 35.5. The van der Waals surface area contributed by atoms with Crippen molar-refractivity contribution in [2.45, 2.75) is 111 Å². The van der Waals surface area contributed by atoms with Crippen LogP contribution in [0.4, 0.5) is 5.69 Å². The number of morpholine rings is 1. The number of benzene rings is 2. The predicted molar refractivity (Wildman–Crippen MR) is 236 cm³/mol. The molecule has 1 aromatic heterocycles. The maximum Gasteiger partial charge on any atom is 0.266 e. The first-order valence-corrected chi connectivity index (χ1v) is 21.2. The second-order valence-corrected chi connectivity index (χ2v) is 15.9. The van der Waals surface area contributed by atoms with Crippen LogP contribution in [0.25, 0.3) is 22.4 Å². The number of fused-ring (bicyclic) bond motifs is 1. The molecule has 0 spiro atoms. The van der Waals surface area contributed by atoms with E-state index in [-0.39, 0.29) is 29.6 Å². The highest BCUT2D eigenvalue weighted by Gasteiger charge is 2.35. The van der Waals surface area contributed by atoms with E-state index >= 15 is 0 Å². The number of carbonyl (C=O) groups excluding carboxylic acids is 3. The lowest BCUT2D eigenvalue weighted by molar-refractivity contribution is -0.146. The predicted octanol–water partition coefficient (Wildman–Crippen LogP) is 10.1. The Morgan fingerprint density at radius 2 is 1.76 bits per heavy atom. The number of rotatable bonds is 11. The number of aromatic nitrogens is 1. The van der Waals surface area contributed by atoms with Crippen LogP contribution in [0, 0.1) is 5.92 Å². The van der Waals surface area contributed by atoms with E-state index in [0.717, 1.165) is 60.1 Å². The fourth-order valence-corrected chi connectivity index (χ4v) is 8.10. The molecule has 0 bridgehead atoms.